The maximum absolute atomic E-state index is 12.9. The van der Waals surface area contributed by atoms with Gasteiger partial charge >= 0.3 is 0 Å². The number of hydrogen-bond acceptors (Lipinski definition) is 7. The van der Waals surface area contributed by atoms with Crippen molar-refractivity contribution in [2.45, 2.75) is 102 Å². The van der Waals surface area contributed by atoms with E-state index in [1.165, 1.54) is 22.3 Å². The quantitative estimate of drug-likeness (QED) is 0.0501. The Bertz CT molecular complexity index is 1910. The number of aldehydes is 1. The highest BCUT2D eigenvalue weighted by Gasteiger charge is 2.68. The van der Waals surface area contributed by atoms with Gasteiger partial charge in [0, 0.05) is 36.4 Å². The molecule has 59 heavy (non-hydrogen) atoms. The summed E-state index contributed by atoms with van der Waals surface area (Å²) in [5.41, 5.74) is 6.48. The van der Waals surface area contributed by atoms with Gasteiger partial charge in [0.1, 0.15) is 6.29 Å². The zero-order chi connectivity index (χ0) is 42.2. The largest absolute Gasteiger partial charge is 0.396 e. The third-order valence-electron chi connectivity index (χ3n) is 14.6. The van der Waals surface area contributed by atoms with Crippen LogP contribution in [0.2, 0.25) is 0 Å². The van der Waals surface area contributed by atoms with E-state index in [1.807, 2.05) is 26.1 Å². The Morgan fingerprint density at radius 2 is 1.86 bits per heavy atom. The number of aliphatic hydroxyl groups excluding tert-OH is 3. The number of aliphatic hydroxyl groups is 4. The van der Waals surface area contributed by atoms with Crippen LogP contribution >= 0.6 is 0 Å². The van der Waals surface area contributed by atoms with Crippen molar-refractivity contribution in [2.75, 3.05) is 33.4 Å². The van der Waals surface area contributed by atoms with Gasteiger partial charge in [0.05, 0.1) is 18.3 Å². The molecule has 0 radical (unpaired) electrons. The molecule has 2 fully saturated rings. The first-order valence-corrected chi connectivity index (χ1v) is 22.2. The summed E-state index contributed by atoms with van der Waals surface area (Å²) in [6.45, 7) is 12.2. The van der Waals surface area contributed by atoms with E-state index in [0.29, 0.717) is 50.3 Å². The van der Waals surface area contributed by atoms with Gasteiger partial charge in [0.25, 0.3) is 0 Å². The average molecular weight is 803 g/mol. The molecule has 4 aliphatic rings. The maximum Gasteiger partial charge on any atom is 0.145 e. The van der Waals surface area contributed by atoms with Gasteiger partial charge in [-0.25, -0.2) is 0 Å². The molecule has 4 bridgehead atoms. The van der Waals surface area contributed by atoms with Crippen LogP contribution in [0.3, 0.4) is 0 Å². The number of carbonyl (C=O) groups is 1. The summed E-state index contributed by atoms with van der Waals surface area (Å²) < 4.78 is 0. The molecular weight excluding hydrogens is 733 g/mol. The smallest absolute Gasteiger partial charge is 0.145 e. The van der Waals surface area contributed by atoms with Crippen LogP contribution in [0.1, 0.15) is 88.3 Å². The molecule has 1 spiro atoms. The molecule has 2 aromatic carbocycles. The number of allylic oxidation sites excluding steroid dienone is 9. The van der Waals surface area contributed by atoms with Gasteiger partial charge in [-0.1, -0.05) is 114 Å². The van der Waals surface area contributed by atoms with Crippen molar-refractivity contribution in [3.05, 3.63) is 142 Å². The van der Waals surface area contributed by atoms with Gasteiger partial charge in [-0.15, -0.1) is 0 Å². The van der Waals surface area contributed by atoms with Gasteiger partial charge in [-0.05, 0) is 144 Å². The van der Waals surface area contributed by atoms with E-state index in [1.54, 1.807) is 0 Å². The van der Waals surface area contributed by atoms with Crippen LogP contribution in [0.15, 0.2) is 125 Å². The maximum atomic E-state index is 12.9. The van der Waals surface area contributed by atoms with Crippen LogP contribution in [-0.2, 0) is 17.6 Å². The van der Waals surface area contributed by atoms with Gasteiger partial charge in [0.15, 0.2) is 0 Å². The summed E-state index contributed by atoms with van der Waals surface area (Å²) >= 11 is 0. The van der Waals surface area contributed by atoms with E-state index in [9.17, 15) is 25.2 Å². The van der Waals surface area contributed by atoms with Crippen molar-refractivity contribution in [3.63, 3.8) is 0 Å². The number of rotatable bonds is 14. The molecule has 1 aliphatic heterocycles. The molecule has 2 saturated carbocycles. The fraction of sp³-hybridized carbons (Fsp3) is 0.519. The number of aryl methyl sites for hydroxylation is 1. The van der Waals surface area contributed by atoms with Crippen LogP contribution in [0, 0.1) is 35.0 Å². The highest BCUT2D eigenvalue weighted by atomic mass is 16.3. The summed E-state index contributed by atoms with van der Waals surface area (Å²) in [5, 5.41) is 53.7. The first-order chi connectivity index (χ1) is 28.5. The highest BCUT2D eigenvalue weighted by Crippen LogP contribution is 2.67. The first kappa shape index (κ1) is 44.9. The third-order valence-corrected chi connectivity index (χ3v) is 14.6. The molecular formula is C52H70N2O5. The lowest BCUT2D eigenvalue weighted by molar-refractivity contribution is -0.194. The second-order valence-electron chi connectivity index (χ2n) is 18.2. The zero-order valence-corrected chi connectivity index (χ0v) is 36.0. The van der Waals surface area contributed by atoms with Crippen molar-refractivity contribution >= 4 is 6.29 Å². The van der Waals surface area contributed by atoms with Crippen LogP contribution < -0.4 is 10.6 Å². The van der Waals surface area contributed by atoms with Crippen molar-refractivity contribution in [1.82, 2.24) is 10.6 Å². The Kier molecular flexibility index (Phi) is 15.4. The van der Waals surface area contributed by atoms with Crippen LogP contribution in [0.5, 0.6) is 0 Å². The molecule has 0 amide bonds. The Hall–Kier alpha value is -3.69. The Labute approximate surface area is 353 Å². The standard InChI is InChI=1S/C52H70N2O5/c1-35-17-21-45(46(22-18-39-12-7-6-8-13-39)42-15-10-14-40(30-42)29-38(4)54-32-35)36(2)11-9-16-44(34-57)47-23-25-52(50(47)58)49-41(24-28-55)19-20-43(48(49)37(3)33-56)31-51(52,59)26-27-53-5/h6-17,19-20,30,33,38,41,43,45-47,49-50,53-55,57-59H,2,18,21-29,31-32,34H2,1,3-5H3/t38-,41-,43-,45-,46+,47+,49+,50+,51+,52+/m0/s1. The molecule has 6 rings (SSSR count). The summed E-state index contributed by atoms with van der Waals surface area (Å²) in [4.78, 5) is 12.4. The molecule has 10 atom stereocenters. The molecule has 6 N–H and O–H groups in total. The molecule has 318 valence electrons. The lowest BCUT2D eigenvalue weighted by atomic mass is 9.45. The first-order valence-electron chi connectivity index (χ1n) is 22.2. The van der Waals surface area contributed by atoms with Gasteiger partial charge in [-0.2, -0.15) is 0 Å². The van der Waals surface area contributed by atoms with E-state index >= 15 is 0 Å². The second-order valence-corrected chi connectivity index (χ2v) is 18.2. The lowest BCUT2D eigenvalue weighted by Crippen LogP contribution is -2.65. The minimum Gasteiger partial charge on any atom is -0.396 e. The zero-order valence-electron chi connectivity index (χ0n) is 36.0. The fourth-order valence-corrected chi connectivity index (χ4v) is 11.6. The Morgan fingerprint density at radius 3 is 2.59 bits per heavy atom. The minimum atomic E-state index is -1.23. The molecule has 0 aromatic heterocycles. The van der Waals surface area contributed by atoms with Crippen molar-refractivity contribution in [3.8, 4) is 0 Å². The number of fused-ring (bicyclic) bond motifs is 5. The highest BCUT2D eigenvalue weighted by molar-refractivity contribution is 5.74. The molecule has 2 aromatic rings. The minimum absolute atomic E-state index is 0.0321. The molecule has 3 aliphatic carbocycles. The molecule has 7 heteroatoms. The van der Waals surface area contributed by atoms with Crippen LogP contribution in [0.4, 0.5) is 0 Å². The number of carbonyl (C=O) groups excluding carboxylic acids is 1. The predicted molar refractivity (Wildman–Crippen MR) is 240 cm³/mol. The van der Waals surface area contributed by atoms with Crippen LogP contribution in [-0.4, -0.2) is 77.8 Å². The predicted octanol–water partition coefficient (Wildman–Crippen LogP) is 7.74. The van der Waals surface area contributed by atoms with E-state index in [-0.39, 0.29) is 42.8 Å². The SMILES string of the molecule is C=C(C=CC=C(CO)[C@H]1CC[C@]2([C@@H]1O)[C@H]1C(=C(C)C=O)[C@@H](C=C[C@H]1CCO)C[C@]2(O)CCNC)[C@@H]1CC=C(C)CN[C@@H](C)Cc2cccc(c2)[C@H]1CCc1ccccc1. The summed E-state index contributed by atoms with van der Waals surface area (Å²) in [7, 11) is 1.87. The van der Waals surface area contributed by atoms with E-state index in [4.69, 9.17) is 6.58 Å². The summed E-state index contributed by atoms with van der Waals surface area (Å²) in [5.74, 6) is -0.598. The molecule has 0 unspecified atom stereocenters. The number of nitrogens with one attached hydrogen (secondary N) is 2. The number of hydrogen-bond donors (Lipinski definition) is 6. The summed E-state index contributed by atoms with van der Waals surface area (Å²) in [6, 6.07) is 20.2. The lowest BCUT2D eigenvalue weighted by Gasteiger charge is -2.61. The normalized spacial score (nSPS) is 33.4. The number of benzene rings is 2. The monoisotopic (exact) mass is 803 g/mol. The third kappa shape index (κ3) is 9.62. The molecule has 0 saturated heterocycles. The van der Waals surface area contributed by atoms with E-state index < -0.39 is 23.0 Å². The van der Waals surface area contributed by atoms with Crippen molar-refractivity contribution in [1.29, 1.82) is 0 Å². The van der Waals surface area contributed by atoms with Crippen molar-refractivity contribution in [2.24, 2.45) is 35.0 Å². The molecule has 7 nitrogen and oxygen atoms in total. The summed E-state index contributed by atoms with van der Waals surface area (Å²) in [6.07, 6.45) is 18.8. The van der Waals surface area contributed by atoms with E-state index in [0.717, 1.165) is 55.2 Å². The van der Waals surface area contributed by atoms with E-state index in [2.05, 4.69) is 103 Å². The Morgan fingerprint density at radius 1 is 1.07 bits per heavy atom. The van der Waals surface area contributed by atoms with Crippen molar-refractivity contribution < 1.29 is 25.2 Å². The second kappa shape index (κ2) is 20.2. The van der Waals surface area contributed by atoms with Crippen LogP contribution in [0.25, 0.3) is 0 Å². The van der Waals surface area contributed by atoms with Gasteiger partial charge in [0.2, 0.25) is 0 Å². The Balaban J connectivity index is 1.34. The average Bonchev–Trinajstić information content (AvgIpc) is 3.58. The van der Waals surface area contributed by atoms with Gasteiger partial charge in [-0.3, -0.25) is 4.79 Å². The fourth-order valence-electron chi connectivity index (χ4n) is 11.6. The molecule has 1 heterocycles. The van der Waals surface area contributed by atoms with Gasteiger partial charge < -0.3 is 31.1 Å². The topological polar surface area (TPSA) is 122 Å².